The predicted molar refractivity (Wildman–Crippen MR) is 64.1 cm³/mol. The van der Waals surface area contributed by atoms with Gasteiger partial charge in [-0.2, -0.15) is 15.4 Å². The maximum atomic E-state index is 12.5. The van der Waals surface area contributed by atoms with Crippen molar-refractivity contribution in [3.63, 3.8) is 0 Å². The van der Waals surface area contributed by atoms with Crippen LogP contribution < -0.4 is 0 Å². The summed E-state index contributed by atoms with van der Waals surface area (Å²) in [4.78, 5) is 14.5. The molecule has 6 heteroatoms. The van der Waals surface area contributed by atoms with Crippen LogP contribution in [-0.4, -0.2) is 51.5 Å². The maximum absolute atomic E-state index is 12.5. The second kappa shape index (κ2) is 4.35. The molecule has 1 aromatic heterocycles. The molecular formula is C12H18N4O2. The molecule has 0 aromatic carbocycles. The summed E-state index contributed by atoms with van der Waals surface area (Å²) in [5, 5.41) is 10.4. The van der Waals surface area contributed by atoms with Crippen LogP contribution in [0.25, 0.3) is 0 Å². The molecule has 1 N–H and O–H groups in total. The Morgan fingerprint density at radius 1 is 1.33 bits per heavy atom. The number of piperidine rings is 1. The van der Waals surface area contributed by atoms with Crippen molar-refractivity contribution < 1.29 is 9.53 Å². The van der Waals surface area contributed by atoms with E-state index in [0.29, 0.717) is 29.6 Å². The number of fused-ring (bicyclic) bond motifs is 2. The molecule has 0 saturated carbocycles. The van der Waals surface area contributed by atoms with Gasteiger partial charge in [-0.25, -0.2) is 0 Å². The number of aryl methyl sites for hydroxylation is 1. The lowest BCUT2D eigenvalue weighted by molar-refractivity contribution is 0.00790. The van der Waals surface area contributed by atoms with Gasteiger partial charge in [0.05, 0.1) is 11.8 Å². The smallest absolute Gasteiger partial charge is 0.276 e. The second-order valence-electron chi connectivity index (χ2n) is 5.18. The highest BCUT2D eigenvalue weighted by Crippen LogP contribution is 2.37. The van der Waals surface area contributed by atoms with Crippen molar-refractivity contribution in [1.29, 1.82) is 0 Å². The van der Waals surface area contributed by atoms with E-state index in [1.165, 1.54) is 0 Å². The highest BCUT2D eigenvalue weighted by molar-refractivity contribution is 5.93. The standard InChI is InChI=1S/C12H18N4O2/c1-7-11(14-15-13-7)12(17)16-8-3-4-9(16)6-10(5-8)18-2/h8-10H,3-6H2,1-2H3,(H,13,14,15)/t8-,9+,10?. The number of nitrogens with one attached hydrogen (secondary N) is 1. The van der Waals surface area contributed by atoms with Gasteiger partial charge in [0, 0.05) is 19.2 Å². The Labute approximate surface area is 106 Å². The zero-order valence-corrected chi connectivity index (χ0v) is 10.7. The van der Waals surface area contributed by atoms with Crippen LogP contribution in [-0.2, 0) is 4.74 Å². The zero-order valence-electron chi connectivity index (χ0n) is 10.7. The number of carbonyl (C=O) groups excluding carboxylic acids is 1. The van der Waals surface area contributed by atoms with Gasteiger partial charge in [0.2, 0.25) is 0 Å². The fraction of sp³-hybridized carbons (Fsp3) is 0.750. The van der Waals surface area contributed by atoms with Crippen molar-refractivity contribution in [2.75, 3.05) is 7.11 Å². The summed E-state index contributed by atoms with van der Waals surface area (Å²) in [6, 6.07) is 0.606. The molecule has 3 heterocycles. The molecule has 18 heavy (non-hydrogen) atoms. The fourth-order valence-electron chi connectivity index (χ4n) is 3.26. The van der Waals surface area contributed by atoms with E-state index in [-0.39, 0.29) is 5.91 Å². The van der Waals surface area contributed by atoms with Crippen molar-refractivity contribution in [3.8, 4) is 0 Å². The Hall–Kier alpha value is -1.43. The SMILES string of the molecule is COC1C[C@H]2CC[C@@H](C1)N2C(=O)c1n[nH]nc1C. The molecule has 1 amide bonds. The van der Waals surface area contributed by atoms with E-state index < -0.39 is 0 Å². The van der Waals surface area contributed by atoms with E-state index in [1.807, 2.05) is 4.90 Å². The van der Waals surface area contributed by atoms with E-state index in [1.54, 1.807) is 14.0 Å². The number of carbonyl (C=O) groups is 1. The van der Waals surface area contributed by atoms with Crippen LogP contribution in [0.2, 0.25) is 0 Å². The van der Waals surface area contributed by atoms with Crippen LogP contribution in [0.4, 0.5) is 0 Å². The lowest BCUT2D eigenvalue weighted by Gasteiger charge is -2.38. The van der Waals surface area contributed by atoms with E-state index in [9.17, 15) is 4.79 Å². The molecule has 3 rings (SSSR count). The number of hydrogen-bond donors (Lipinski definition) is 1. The Bertz CT molecular complexity index is 445. The molecule has 98 valence electrons. The normalized spacial score (nSPS) is 30.8. The van der Waals surface area contributed by atoms with Crippen LogP contribution in [0.1, 0.15) is 41.9 Å². The Morgan fingerprint density at radius 2 is 2.00 bits per heavy atom. The molecule has 2 aliphatic rings. The number of amides is 1. The molecule has 1 aromatic rings. The summed E-state index contributed by atoms with van der Waals surface area (Å²) in [5.74, 6) is 0.0169. The van der Waals surface area contributed by atoms with E-state index in [2.05, 4.69) is 15.4 Å². The van der Waals surface area contributed by atoms with Gasteiger partial charge in [0.15, 0.2) is 5.69 Å². The number of methoxy groups -OCH3 is 1. The minimum Gasteiger partial charge on any atom is -0.381 e. The topological polar surface area (TPSA) is 71.1 Å². The van der Waals surface area contributed by atoms with E-state index in [4.69, 9.17) is 4.74 Å². The maximum Gasteiger partial charge on any atom is 0.276 e. The van der Waals surface area contributed by atoms with Gasteiger partial charge in [-0.1, -0.05) is 0 Å². The first-order chi connectivity index (χ1) is 8.70. The average Bonchev–Trinajstić information content (AvgIpc) is 2.90. The third kappa shape index (κ3) is 1.71. The summed E-state index contributed by atoms with van der Waals surface area (Å²) < 4.78 is 5.44. The number of aromatic nitrogens is 3. The first kappa shape index (κ1) is 11.6. The molecule has 0 aliphatic carbocycles. The van der Waals surface area contributed by atoms with Gasteiger partial charge < -0.3 is 9.64 Å². The highest BCUT2D eigenvalue weighted by atomic mass is 16.5. The van der Waals surface area contributed by atoms with E-state index in [0.717, 1.165) is 25.7 Å². The summed E-state index contributed by atoms with van der Waals surface area (Å²) in [5.41, 5.74) is 1.14. The minimum absolute atomic E-state index is 0.0169. The second-order valence-corrected chi connectivity index (χ2v) is 5.18. The quantitative estimate of drug-likeness (QED) is 0.846. The first-order valence-electron chi connectivity index (χ1n) is 6.43. The van der Waals surface area contributed by atoms with Crippen molar-refractivity contribution in [2.24, 2.45) is 0 Å². The number of H-pyrrole nitrogens is 1. The number of hydrogen-bond acceptors (Lipinski definition) is 4. The monoisotopic (exact) mass is 250 g/mol. The molecule has 2 fully saturated rings. The lowest BCUT2D eigenvalue weighted by Crippen LogP contribution is -2.48. The Kier molecular flexibility index (Phi) is 2.81. The third-order valence-electron chi connectivity index (χ3n) is 4.18. The molecule has 0 spiro atoms. The van der Waals surface area contributed by atoms with Crippen LogP contribution in [0, 0.1) is 6.92 Å². The van der Waals surface area contributed by atoms with Gasteiger partial charge in [-0.15, -0.1) is 0 Å². The molecule has 3 atom stereocenters. The molecule has 2 aliphatic heterocycles. The van der Waals surface area contributed by atoms with Crippen molar-refractivity contribution in [3.05, 3.63) is 11.4 Å². The van der Waals surface area contributed by atoms with Crippen LogP contribution in [0.5, 0.6) is 0 Å². The Morgan fingerprint density at radius 3 is 2.50 bits per heavy atom. The van der Waals surface area contributed by atoms with Crippen LogP contribution in [0.3, 0.4) is 0 Å². The van der Waals surface area contributed by atoms with Crippen molar-refractivity contribution in [2.45, 2.75) is 50.8 Å². The zero-order chi connectivity index (χ0) is 12.7. The molecule has 0 radical (unpaired) electrons. The first-order valence-corrected chi connectivity index (χ1v) is 6.43. The molecular weight excluding hydrogens is 232 g/mol. The van der Waals surface area contributed by atoms with Crippen molar-refractivity contribution in [1.82, 2.24) is 20.3 Å². The average molecular weight is 250 g/mol. The molecule has 1 unspecified atom stereocenters. The third-order valence-corrected chi connectivity index (χ3v) is 4.18. The number of nitrogens with zero attached hydrogens (tertiary/aromatic N) is 3. The molecule has 6 nitrogen and oxygen atoms in total. The summed E-state index contributed by atoms with van der Waals surface area (Å²) in [6.45, 7) is 1.81. The van der Waals surface area contributed by atoms with Gasteiger partial charge in [0.1, 0.15) is 0 Å². The molecule has 2 bridgehead atoms. The number of ether oxygens (including phenoxy) is 1. The van der Waals surface area contributed by atoms with Gasteiger partial charge in [-0.05, 0) is 32.6 Å². The number of aromatic amines is 1. The minimum atomic E-state index is 0.0169. The predicted octanol–water partition coefficient (Wildman–Crippen LogP) is 0.895. The van der Waals surface area contributed by atoms with Gasteiger partial charge in [0.25, 0.3) is 5.91 Å². The highest BCUT2D eigenvalue weighted by Gasteiger charge is 2.44. The van der Waals surface area contributed by atoms with Crippen molar-refractivity contribution >= 4 is 5.91 Å². The summed E-state index contributed by atoms with van der Waals surface area (Å²) >= 11 is 0. The van der Waals surface area contributed by atoms with Crippen LogP contribution in [0.15, 0.2) is 0 Å². The summed E-state index contributed by atoms with van der Waals surface area (Å²) in [7, 11) is 1.75. The summed E-state index contributed by atoms with van der Waals surface area (Å²) in [6.07, 6.45) is 4.33. The van der Waals surface area contributed by atoms with Crippen LogP contribution >= 0.6 is 0 Å². The lowest BCUT2D eigenvalue weighted by atomic mass is 9.99. The number of rotatable bonds is 2. The Balaban J connectivity index is 1.82. The largest absolute Gasteiger partial charge is 0.381 e. The van der Waals surface area contributed by atoms with E-state index >= 15 is 0 Å². The molecule has 2 saturated heterocycles. The van der Waals surface area contributed by atoms with Gasteiger partial charge in [-0.3, -0.25) is 4.79 Å². The van der Waals surface area contributed by atoms with Gasteiger partial charge >= 0.3 is 0 Å². The fourth-order valence-corrected chi connectivity index (χ4v) is 3.26.